The summed E-state index contributed by atoms with van der Waals surface area (Å²) < 4.78 is 7.46. The second kappa shape index (κ2) is 7.22. The van der Waals surface area contributed by atoms with Gasteiger partial charge in [-0.05, 0) is 19.8 Å². The Balaban J connectivity index is 1.41. The van der Waals surface area contributed by atoms with Crippen LogP contribution in [0.3, 0.4) is 0 Å². The Kier molecular flexibility index (Phi) is 4.49. The largest absolute Gasteiger partial charge is 0.480 e. The molecule has 1 aliphatic carbocycles. The minimum absolute atomic E-state index is 0.0718. The number of nitrogens with one attached hydrogen (secondary N) is 3. The molecule has 160 valence electrons. The number of carbonyl (C=O) groups is 1. The predicted octanol–water partition coefficient (Wildman–Crippen LogP) is 2.54. The SMILES string of the molecule is CCC(=O)N[C@]1(C)C[C@@H](Nc2nc(OC)c3c(-c4cnc5nccn5c4)c[nH]c3n2)C1. The van der Waals surface area contributed by atoms with Crippen molar-refractivity contribution in [3.8, 4) is 17.0 Å². The van der Waals surface area contributed by atoms with Gasteiger partial charge in [-0.3, -0.25) is 9.20 Å². The molecule has 0 spiro atoms. The molecule has 1 aliphatic rings. The number of hydrogen-bond acceptors (Lipinski definition) is 7. The van der Waals surface area contributed by atoms with E-state index in [4.69, 9.17) is 4.74 Å². The van der Waals surface area contributed by atoms with E-state index >= 15 is 0 Å². The van der Waals surface area contributed by atoms with Crippen LogP contribution in [0, 0.1) is 0 Å². The van der Waals surface area contributed by atoms with Crippen molar-refractivity contribution >= 4 is 28.7 Å². The van der Waals surface area contributed by atoms with Crippen molar-refractivity contribution in [1.82, 2.24) is 34.6 Å². The van der Waals surface area contributed by atoms with Crippen LogP contribution in [-0.4, -0.2) is 53.9 Å². The molecule has 0 aliphatic heterocycles. The lowest BCUT2D eigenvalue weighted by Crippen LogP contribution is -2.59. The average molecular weight is 420 g/mol. The van der Waals surface area contributed by atoms with E-state index in [0.717, 1.165) is 29.4 Å². The number of rotatable bonds is 6. The topological polar surface area (TPSA) is 122 Å². The van der Waals surface area contributed by atoms with Crippen molar-refractivity contribution in [2.24, 2.45) is 0 Å². The van der Waals surface area contributed by atoms with Gasteiger partial charge in [0.05, 0.1) is 12.5 Å². The third-order valence-corrected chi connectivity index (χ3v) is 5.74. The summed E-state index contributed by atoms with van der Waals surface area (Å²) in [6.45, 7) is 3.92. The van der Waals surface area contributed by atoms with Gasteiger partial charge in [-0.15, -0.1) is 0 Å². The van der Waals surface area contributed by atoms with Crippen LogP contribution in [0.25, 0.3) is 27.9 Å². The van der Waals surface area contributed by atoms with E-state index in [1.54, 1.807) is 19.5 Å². The number of hydrogen-bond donors (Lipinski definition) is 3. The number of imidazole rings is 1. The smallest absolute Gasteiger partial charge is 0.233 e. The summed E-state index contributed by atoms with van der Waals surface area (Å²) in [7, 11) is 1.60. The molecule has 4 heterocycles. The van der Waals surface area contributed by atoms with Crippen molar-refractivity contribution in [2.75, 3.05) is 12.4 Å². The first-order valence-corrected chi connectivity index (χ1v) is 10.3. The van der Waals surface area contributed by atoms with Crippen LogP contribution >= 0.6 is 0 Å². The minimum Gasteiger partial charge on any atom is -0.480 e. The van der Waals surface area contributed by atoms with Crippen molar-refractivity contribution in [3.05, 3.63) is 31.0 Å². The second-order valence-corrected chi connectivity index (χ2v) is 8.17. The molecule has 5 rings (SSSR count). The van der Waals surface area contributed by atoms with Crippen LogP contribution in [0.5, 0.6) is 5.88 Å². The maximum atomic E-state index is 11.7. The molecule has 4 aromatic heterocycles. The van der Waals surface area contributed by atoms with Crippen molar-refractivity contribution in [1.29, 1.82) is 0 Å². The highest BCUT2D eigenvalue weighted by Crippen LogP contribution is 2.36. The van der Waals surface area contributed by atoms with Gasteiger partial charge in [-0.1, -0.05) is 6.92 Å². The number of ether oxygens (including phenoxy) is 1. The summed E-state index contributed by atoms with van der Waals surface area (Å²) in [4.78, 5) is 32.7. The van der Waals surface area contributed by atoms with Gasteiger partial charge in [0.2, 0.25) is 23.5 Å². The Hall–Kier alpha value is -3.69. The van der Waals surface area contributed by atoms with Gasteiger partial charge in [0, 0.05) is 60.1 Å². The number of H-pyrrole nitrogens is 1. The predicted molar refractivity (Wildman–Crippen MR) is 116 cm³/mol. The standard InChI is InChI=1S/C21H24N8O2/c1-4-15(30)28-21(2)7-13(8-21)25-19-26-17-16(18(27-19)31-3)14(10-23-17)12-9-24-20-22-5-6-29(20)11-12/h5-6,9-11,13H,4,7-8H2,1-3H3,(H,28,30)(H2,23,25,26,27)/t13-,21-. The van der Waals surface area contributed by atoms with Gasteiger partial charge in [-0.2, -0.15) is 9.97 Å². The van der Waals surface area contributed by atoms with Crippen LogP contribution in [-0.2, 0) is 4.79 Å². The summed E-state index contributed by atoms with van der Waals surface area (Å²) in [5, 5.41) is 7.24. The molecule has 10 nitrogen and oxygen atoms in total. The number of anilines is 1. The van der Waals surface area contributed by atoms with Gasteiger partial charge in [0.1, 0.15) is 5.65 Å². The van der Waals surface area contributed by atoms with Crippen molar-refractivity contribution < 1.29 is 9.53 Å². The first-order valence-electron chi connectivity index (χ1n) is 10.3. The zero-order valence-electron chi connectivity index (χ0n) is 17.6. The molecule has 1 amide bonds. The number of methoxy groups -OCH3 is 1. The second-order valence-electron chi connectivity index (χ2n) is 8.17. The van der Waals surface area contributed by atoms with Crippen LogP contribution < -0.4 is 15.4 Å². The van der Waals surface area contributed by atoms with E-state index in [2.05, 4.69) is 42.5 Å². The highest BCUT2D eigenvalue weighted by molar-refractivity contribution is 5.97. The number of aromatic nitrogens is 6. The normalized spacial score (nSPS) is 20.5. The van der Waals surface area contributed by atoms with Gasteiger partial charge in [0.25, 0.3) is 0 Å². The van der Waals surface area contributed by atoms with Crippen molar-refractivity contribution in [3.63, 3.8) is 0 Å². The lowest BCUT2D eigenvalue weighted by Gasteiger charge is -2.45. The third kappa shape index (κ3) is 3.43. The van der Waals surface area contributed by atoms with Crippen molar-refractivity contribution in [2.45, 2.75) is 44.7 Å². The Bertz CT molecular complexity index is 1270. The summed E-state index contributed by atoms with van der Waals surface area (Å²) >= 11 is 0. The lowest BCUT2D eigenvalue weighted by atomic mass is 9.74. The molecule has 0 radical (unpaired) electrons. The summed E-state index contributed by atoms with van der Waals surface area (Å²) in [5.74, 6) is 1.69. The van der Waals surface area contributed by atoms with E-state index in [1.165, 1.54) is 0 Å². The minimum atomic E-state index is -0.183. The van der Waals surface area contributed by atoms with Crippen LogP contribution in [0.4, 0.5) is 5.95 Å². The third-order valence-electron chi connectivity index (χ3n) is 5.74. The van der Waals surface area contributed by atoms with E-state index in [-0.39, 0.29) is 17.5 Å². The molecule has 4 aromatic rings. The molecule has 0 aromatic carbocycles. The number of fused-ring (bicyclic) bond motifs is 2. The Morgan fingerprint density at radius 3 is 2.97 bits per heavy atom. The molecule has 31 heavy (non-hydrogen) atoms. The van der Waals surface area contributed by atoms with Gasteiger partial charge in [0.15, 0.2) is 0 Å². The molecule has 10 heteroatoms. The maximum absolute atomic E-state index is 11.7. The number of amides is 1. The number of aromatic amines is 1. The highest BCUT2D eigenvalue weighted by Gasteiger charge is 2.41. The van der Waals surface area contributed by atoms with Gasteiger partial charge >= 0.3 is 0 Å². The molecule has 0 unspecified atom stereocenters. The fourth-order valence-electron chi connectivity index (χ4n) is 4.24. The zero-order valence-corrected chi connectivity index (χ0v) is 17.6. The fourth-order valence-corrected chi connectivity index (χ4v) is 4.24. The molecule has 0 atom stereocenters. The molecule has 3 N–H and O–H groups in total. The maximum Gasteiger partial charge on any atom is 0.233 e. The molecule has 0 bridgehead atoms. The first-order chi connectivity index (χ1) is 15.0. The highest BCUT2D eigenvalue weighted by atomic mass is 16.5. The van der Waals surface area contributed by atoms with E-state index < -0.39 is 0 Å². The molecular formula is C21H24N8O2. The van der Waals surface area contributed by atoms with Crippen LogP contribution in [0.2, 0.25) is 0 Å². The summed E-state index contributed by atoms with van der Waals surface area (Å²) in [6, 6.07) is 0.187. The number of carbonyl (C=O) groups excluding carboxylic acids is 1. The Morgan fingerprint density at radius 1 is 1.35 bits per heavy atom. The molecule has 1 saturated carbocycles. The van der Waals surface area contributed by atoms with Gasteiger partial charge < -0.3 is 20.4 Å². The fraction of sp³-hybridized carbons (Fsp3) is 0.381. The monoisotopic (exact) mass is 420 g/mol. The van der Waals surface area contributed by atoms with E-state index in [1.807, 2.05) is 29.9 Å². The molecule has 0 saturated heterocycles. The lowest BCUT2D eigenvalue weighted by molar-refractivity contribution is -0.123. The molecule has 1 fully saturated rings. The molecular weight excluding hydrogens is 396 g/mol. The first kappa shape index (κ1) is 19.3. The number of nitrogens with zero attached hydrogens (tertiary/aromatic N) is 5. The summed E-state index contributed by atoms with van der Waals surface area (Å²) in [5.41, 5.74) is 2.30. The van der Waals surface area contributed by atoms with E-state index in [9.17, 15) is 4.79 Å². The van der Waals surface area contributed by atoms with Crippen LogP contribution in [0.1, 0.15) is 33.1 Å². The van der Waals surface area contributed by atoms with Crippen LogP contribution in [0.15, 0.2) is 31.0 Å². The Morgan fingerprint density at radius 2 is 2.19 bits per heavy atom. The quantitative estimate of drug-likeness (QED) is 0.438. The Labute approximate surface area is 178 Å². The van der Waals surface area contributed by atoms with E-state index in [0.29, 0.717) is 29.7 Å². The summed E-state index contributed by atoms with van der Waals surface area (Å²) in [6.07, 6.45) is 11.3. The van der Waals surface area contributed by atoms with Gasteiger partial charge in [-0.25, -0.2) is 9.97 Å². The average Bonchev–Trinajstić information content (AvgIpc) is 3.38. The zero-order chi connectivity index (χ0) is 21.6.